The summed E-state index contributed by atoms with van der Waals surface area (Å²) in [6.45, 7) is 0.675. The molecule has 0 bridgehead atoms. The molecule has 0 amide bonds. The average molecular weight is 233 g/mol. The van der Waals surface area contributed by atoms with Gasteiger partial charge in [0.2, 0.25) is 0 Å². The first-order valence-electron chi connectivity index (χ1n) is 5.37. The van der Waals surface area contributed by atoms with Crippen LogP contribution in [-0.2, 0) is 6.42 Å². The van der Waals surface area contributed by atoms with Crippen molar-refractivity contribution in [3.8, 4) is 0 Å². The zero-order valence-electron chi connectivity index (χ0n) is 9.04. The van der Waals surface area contributed by atoms with Gasteiger partial charge in [0.15, 0.2) is 0 Å². The van der Waals surface area contributed by atoms with Gasteiger partial charge >= 0.3 is 0 Å². The molecule has 0 aromatic carbocycles. The minimum Gasteiger partial charge on any atom is -0.330 e. The molecule has 3 nitrogen and oxygen atoms in total. The summed E-state index contributed by atoms with van der Waals surface area (Å²) in [6, 6.07) is 4.08. The van der Waals surface area contributed by atoms with Crippen LogP contribution in [0.1, 0.15) is 23.6 Å². The SMILES string of the molecule is NCC(CCc1cscn1)c1ccncc1. The van der Waals surface area contributed by atoms with Crippen molar-refractivity contribution in [3.63, 3.8) is 0 Å². The van der Waals surface area contributed by atoms with Gasteiger partial charge in [0.25, 0.3) is 0 Å². The zero-order valence-corrected chi connectivity index (χ0v) is 9.86. The Balaban J connectivity index is 1.96. The lowest BCUT2D eigenvalue weighted by Crippen LogP contribution is -2.13. The fourth-order valence-electron chi connectivity index (χ4n) is 1.74. The fraction of sp³-hybridized carbons (Fsp3) is 0.333. The van der Waals surface area contributed by atoms with Crippen LogP contribution in [0.2, 0.25) is 0 Å². The molecule has 0 spiro atoms. The van der Waals surface area contributed by atoms with E-state index in [4.69, 9.17) is 5.73 Å². The van der Waals surface area contributed by atoms with Gasteiger partial charge in [0.1, 0.15) is 0 Å². The first kappa shape index (κ1) is 11.2. The van der Waals surface area contributed by atoms with Gasteiger partial charge in [0, 0.05) is 17.8 Å². The molecule has 84 valence electrons. The smallest absolute Gasteiger partial charge is 0.0794 e. The standard InChI is InChI=1S/C12H15N3S/c13-7-11(10-3-5-14-6-4-10)1-2-12-8-16-9-15-12/h3-6,8-9,11H,1-2,7,13H2. The van der Waals surface area contributed by atoms with Gasteiger partial charge in [-0.25, -0.2) is 4.98 Å². The lowest BCUT2D eigenvalue weighted by atomic mass is 9.95. The monoisotopic (exact) mass is 233 g/mol. The summed E-state index contributed by atoms with van der Waals surface area (Å²) >= 11 is 1.64. The van der Waals surface area contributed by atoms with Crippen molar-refractivity contribution in [2.75, 3.05) is 6.54 Å². The van der Waals surface area contributed by atoms with Crippen LogP contribution in [0.3, 0.4) is 0 Å². The molecule has 0 saturated carbocycles. The third kappa shape index (κ3) is 2.87. The number of pyridine rings is 1. The van der Waals surface area contributed by atoms with E-state index in [0.29, 0.717) is 12.5 Å². The van der Waals surface area contributed by atoms with Gasteiger partial charge < -0.3 is 5.73 Å². The first-order chi connectivity index (χ1) is 7.90. The van der Waals surface area contributed by atoms with E-state index >= 15 is 0 Å². The van der Waals surface area contributed by atoms with Gasteiger partial charge in [-0.2, -0.15) is 0 Å². The Hall–Kier alpha value is -1.26. The molecule has 2 N–H and O–H groups in total. The molecule has 4 heteroatoms. The fourth-order valence-corrected chi connectivity index (χ4v) is 2.33. The van der Waals surface area contributed by atoms with Gasteiger partial charge in [0.05, 0.1) is 11.2 Å². The van der Waals surface area contributed by atoms with Crippen LogP contribution in [0, 0.1) is 0 Å². The van der Waals surface area contributed by atoms with Crippen LogP contribution in [0.5, 0.6) is 0 Å². The molecule has 0 radical (unpaired) electrons. The molecular weight excluding hydrogens is 218 g/mol. The Bertz CT molecular complexity index is 399. The highest BCUT2D eigenvalue weighted by Gasteiger charge is 2.09. The Labute approximate surface area is 99.4 Å². The number of aryl methyl sites for hydroxylation is 1. The molecule has 2 aromatic heterocycles. The molecule has 2 aromatic rings. The zero-order chi connectivity index (χ0) is 11.2. The highest BCUT2D eigenvalue weighted by Crippen LogP contribution is 2.19. The molecule has 1 unspecified atom stereocenters. The Morgan fingerprint density at radius 1 is 1.31 bits per heavy atom. The van der Waals surface area contributed by atoms with Crippen LogP contribution >= 0.6 is 11.3 Å². The van der Waals surface area contributed by atoms with Crippen LogP contribution < -0.4 is 5.73 Å². The Kier molecular flexibility index (Phi) is 4.02. The van der Waals surface area contributed by atoms with Gasteiger partial charge in [-0.3, -0.25) is 4.98 Å². The van der Waals surface area contributed by atoms with E-state index in [1.54, 1.807) is 11.3 Å². The number of nitrogens with zero attached hydrogens (tertiary/aromatic N) is 2. The number of rotatable bonds is 5. The molecule has 16 heavy (non-hydrogen) atoms. The molecule has 0 aliphatic rings. The lowest BCUT2D eigenvalue weighted by Gasteiger charge is -2.13. The van der Waals surface area contributed by atoms with Crippen molar-refractivity contribution in [1.29, 1.82) is 0 Å². The maximum atomic E-state index is 5.81. The molecule has 0 fully saturated rings. The van der Waals surface area contributed by atoms with Gasteiger partial charge in [-0.05, 0) is 43.0 Å². The van der Waals surface area contributed by atoms with Crippen molar-refractivity contribution in [1.82, 2.24) is 9.97 Å². The minimum atomic E-state index is 0.407. The van der Waals surface area contributed by atoms with Crippen molar-refractivity contribution >= 4 is 11.3 Å². The van der Waals surface area contributed by atoms with Crippen molar-refractivity contribution in [3.05, 3.63) is 46.7 Å². The Morgan fingerprint density at radius 3 is 2.75 bits per heavy atom. The highest BCUT2D eigenvalue weighted by atomic mass is 32.1. The minimum absolute atomic E-state index is 0.407. The van der Waals surface area contributed by atoms with E-state index in [1.165, 1.54) is 5.56 Å². The van der Waals surface area contributed by atoms with E-state index in [0.717, 1.165) is 18.5 Å². The number of thiazole rings is 1. The van der Waals surface area contributed by atoms with Gasteiger partial charge in [-0.1, -0.05) is 0 Å². The summed E-state index contributed by atoms with van der Waals surface area (Å²) in [7, 11) is 0. The third-order valence-electron chi connectivity index (χ3n) is 2.69. The average Bonchev–Trinajstić information content (AvgIpc) is 2.84. The summed E-state index contributed by atoms with van der Waals surface area (Å²) in [4.78, 5) is 8.30. The van der Waals surface area contributed by atoms with E-state index < -0.39 is 0 Å². The second-order valence-corrected chi connectivity index (χ2v) is 4.45. The summed E-state index contributed by atoms with van der Waals surface area (Å²) < 4.78 is 0. The number of nitrogens with two attached hydrogens (primary N) is 1. The van der Waals surface area contributed by atoms with Crippen LogP contribution in [0.25, 0.3) is 0 Å². The second-order valence-electron chi connectivity index (χ2n) is 3.73. The molecular formula is C12H15N3S. The number of hydrogen-bond donors (Lipinski definition) is 1. The molecule has 0 aliphatic heterocycles. The lowest BCUT2D eigenvalue weighted by molar-refractivity contribution is 0.628. The predicted molar refractivity (Wildman–Crippen MR) is 66.5 cm³/mol. The third-order valence-corrected chi connectivity index (χ3v) is 3.33. The largest absolute Gasteiger partial charge is 0.330 e. The molecule has 0 aliphatic carbocycles. The summed E-state index contributed by atoms with van der Waals surface area (Å²) in [5.41, 5.74) is 10.1. The van der Waals surface area contributed by atoms with Crippen molar-refractivity contribution < 1.29 is 0 Å². The van der Waals surface area contributed by atoms with Crippen molar-refractivity contribution in [2.45, 2.75) is 18.8 Å². The highest BCUT2D eigenvalue weighted by molar-refractivity contribution is 7.07. The van der Waals surface area contributed by atoms with E-state index in [-0.39, 0.29) is 0 Å². The van der Waals surface area contributed by atoms with Crippen LogP contribution in [0.4, 0.5) is 0 Å². The molecule has 0 saturated heterocycles. The summed E-state index contributed by atoms with van der Waals surface area (Å²) in [6.07, 6.45) is 5.68. The predicted octanol–water partition coefficient (Wildman–Crippen LogP) is 2.21. The topological polar surface area (TPSA) is 51.8 Å². The number of aromatic nitrogens is 2. The van der Waals surface area contributed by atoms with Crippen molar-refractivity contribution in [2.24, 2.45) is 5.73 Å². The summed E-state index contributed by atoms with van der Waals surface area (Å²) in [5, 5.41) is 2.10. The molecule has 2 heterocycles. The van der Waals surface area contributed by atoms with Gasteiger partial charge in [-0.15, -0.1) is 11.3 Å². The van der Waals surface area contributed by atoms with E-state index in [2.05, 4.69) is 15.3 Å². The maximum absolute atomic E-state index is 5.81. The second kappa shape index (κ2) is 5.72. The van der Waals surface area contributed by atoms with E-state index in [9.17, 15) is 0 Å². The normalized spacial score (nSPS) is 12.6. The summed E-state index contributed by atoms with van der Waals surface area (Å²) in [5.74, 6) is 0.407. The quantitative estimate of drug-likeness (QED) is 0.861. The Morgan fingerprint density at radius 2 is 2.12 bits per heavy atom. The number of hydrogen-bond acceptors (Lipinski definition) is 4. The maximum Gasteiger partial charge on any atom is 0.0794 e. The van der Waals surface area contributed by atoms with Crippen LogP contribution in [0.15, 0.2) is 35.4 Å². The molecule has 1 atom stereocenters. The first-order valence-corrected chi connectivity index (χ1v) is 6.31. The van der Waals surface area contributed by atoms with Crippen LogP contribution in [-0.4, -0.2) is 16.5 Å². The molecule has 2 rings (SSSR count). The van der Waals surface area contributed by atoms with E-state index in [1.807, 2.05) is 30.0 Å².